The number of benzene rings is 1. The lowest BCUT2D eigenvalue weighted by molar-refractivity contribution is -0.151. The Kier molecular flexibility index (Phi) is 4.82. The van der Waals surface area contributed by atoms with Gasteiger partial charge in [0.15, 0.2) is 0 Å². The normalized spacial score (nSPS) is 26.8. The highest BCUT2D eigenvalue weighted by Crippen LogP contribution is 2.38. The quantitative estimate of drug-likeness (QED) is 0.765. The smallest absolute Gasteiger partial charge is 0.322 e. The van der Waals surface area contributed by atoms with E-state index in [2.05, 4.69) is 10.6 Å². The third-order valence-electron chi connectivity index (χ3n) is 6.15. The zero-order valence-electron chi connectivity index (χ0n) is 15.6. The van der Waals surface area contributed by atoms with E-state index in [1.807, 2.05) is 0 Å². The Morgan fingerprint density at radius 3 is 2.50 bits per heavy atom. The summed E-state index contributed by atoms with van der Waals surface area (Å²) in [6.07, 6.45) is 2.80. The van der Waals surface area contributed by atoms with Gasteiger partial charge in [-0.25, -0.2) is 9.18 Å². The molecule has 3 fully saturated rings. The standard InChI is InChI=1S/C20H24FN3O4/c21-15-4-2-14(3-5-15)12-19(7-10-28-11-8-19)17(26)24-9-1-6-20(13-24)16(25)22-18(27)23-20/h2-5H,1,6-13H2,(H2,22,23,25,27). The van der Waals surface area contributed by atoms with Gasteiger partial charge in [-0.15, -0.1) is 0 Å². The van der Waals surface area contributed by atoms with E-state index in [0.29, 0.717) is 51.9 Å². The number of hydrogen-bond donors (Lipinski definition) is 2. The first-order chi connectivity index (χ1) is 13.4. The Balaban J connectivity index is 1.57. The van der Waals surface area contributed by atoms with Crippen LogP contribution in [0.4, 0.5) is 9.18 Å². The van der Waals surface area contributed by atoms with Crippen LogP contribution in [0.2, 0.25) is 0 Å². The fourth-order valence-electron chi connectivity index (χ4n) is 4.60. The molecule has 3 saturated heterocycles. The van der Waals surface area contributed by atoms with Gasteiger partial charge in [0.1, 0.15) is 11.4 Å². The van der Waals surface area contributed by atoms with Crippen molar-refractivity contribution in [3.63, 3.8) is 0 Å². The van der Waals surface area contributed by atoms with Gasteiger partial charge in [0.25, 0.3) is 5.91 Å². The van der Waals surface area contributed by atoms with Gasteiger partial charge in [0.05, 0.1) is 12.0 Å². The summed E-state index contributed by atoms with van der Waals surface area (Å²) < 4.78 is 18.8. The number of likely N-dealkylation sites (tertiary alicyclic amines) is 1. The maximum absolute atomic E-state index is 13.6. The van der Waals surface area contributed by atoms with Gasteiger partial charge in [-0.2, -0.15) is 0 Å². The Labute approximate surface area is 162 Å². The molecule has 3 aliphatic heterocycles. The van der Waals surface area contributed by atoms with Crippen molar-refractivity contribution in [1.29, 1.82) is 0 Å². The minimum absolute atomic E-state index is 0.0202. The van der Waals surface area contributed by atoms with Crippen LogP contribution < -0.4 is 10.6 Å². The molecular weight excluding hydrogens is 365 g/mol. The molecule has 0 aromatic heterocycles. The first kappa shape index (κ1) is 18.9. The Morgan fingerprint density at radius 2 is 1.86 bits per heavy atom. The largest absolute Gasteiger partial charge is 0.381 e. The van der Waals surface area contributed by atoms with Crippen LogP contribution in [0.5, 0.6) is 0 Å². The average Bonchev–Trinajstić information content (AvgIpc) is 2.96. The third-order valence-corrected chi connectivity index (χ3v) is 6.15. The molecule has 8 heteroatoms. The predicted octanol–water partition coefficient (Wildman–Crippen LogP) is 1.37. The number of carbonyl (C=O) groups is 3. The molecular formula is C20H24FN3O4. The van der Waals surface area contributed by atoms with E-state index in [9.17, 15) is 18.8 Å². The molecule has 1 unspecified atom stereocenters. The molecule has 0 radical (unpaired) electrons. The monoisotopic (exact) mass is 389 g/mol. The number of hydrogen-bond acceptors (Lipinski definition) is 4. The van der Waals surface area contributed by atoms with E-state index in [0.717, 1.165) is 5.56 Å². The maximum Gasteiger partial charge on any atom is 0.322 e. The number of carbonyl (C=O) groups excluding carboxylic acids is 3. The first-order valence-corrected chi connectivity index (χ1v) is 9.68. The number of nitrogens with one attached hydrogen (secondary N) is 2. The van der Waals surface area contributed by atoms with Gasteiger partial charge in [0, 0.05) is 19.8 Å². The van der Waals surface area contributed by atoms with E-state index < -0.39 is 17.0 Å². The van der Waals surface area contributed by atoms with Gasteiger partial charge in [0.2, 0.25) is 5.91 Å². The molecule has 150 valence electrons. The molecule has 2 N–H and O–H groups in total. The molecule has 3 heterocycles. The van der Waals surface area contributed by atoms with Gasteiger partial charge in [-0.1, -0.05) is 12.1 Å². The van der Waals surface area contributed by atoms with Crippen LogP contribution in [0.25, 0.3) is 0 Å². The molecule has 28 heavy (non-hydrogen) atoms. The first-order valence-electron chi connectivity index (χ1n) is 9.68. The van der Waals surface area contributed by atoms with Crippen LogP contribution >= 0.6 is 0 Å². The summed E-state index contributed by atoms with van der Waals surface area (Å²) >= 11 is 0. The van der Waals surface area contributed by atoms with Crippen LogP contribution in [-0.2, 0) is 20.7 Å². The Bertz CT molecular complexity index is 791. The second kappa shape index (κ2) is 7.16. The van der Waals surface area contributed by atoms with E-state index in [4.69, 9.17) is 4.74 Å². The summed E-state index contributed by atoms with van der Waals surface area (Å²) in [6.45, 7) is 1.71. The lowest BCUT2D eigenvalue weighted by Gasteiger charge is -2.44. The number of ether oxygens (including phenoxy) is 1. The highest BCUT2D eigenvalue weighted by molar-refractivity contribution is 6.07. The number of piperidine rings is 1. The Hall–Kier alpha value is -2.48. The van der Waals surface area contributed by atoms with Crippen LogP contribution in [-0.4, -0.2) is 54.6 Å². The van der Waals surface area contributed by atoms with Crippen LogP contribution in [0.1, 0.15) is 31.2 Å². The summed E-state index contributed by atoms with van der Waals surface area (Å²) in [6, 6.07) is 5.72. The molecule has 1 spiro atoms. The van der Waals surface area contributed by atoms with Gasteiger partial charge in [-0.05, 0) is 49.8 Å². The predicted molar refractivity (Wildman–Crippen MR) is 97.8 cm³/mol. The molecule has 1 aromatic carbocycles. The molecule has 0 saturated carbocycles. The third kappa shape index (κ3) is 3.37. The lowest BCUT2D eigenvalue weighted by atomic mass is 9.73. The Morgan fingerprint density at radius 1 is 1.14 bits per heavy atom. The van der Waals surface area contributed by atoms with Crippen molar-refractivity contribution in [2.24, 2.45) is 5.41 Å². The van der Waals surface area contributed by atoms with Crippen LogP contribution in [0.15, 0.2) is 24.3 Å². The molecule has 0 aliphatic carbocycles. The van der Waals surface area contributed by atoms with Crippen LogP contribution in [0, 0.1) is 11.2 Å². The van der Waals surface area contributed by atoms with E-state index in [1.165, 1.54) is 12.1 Å². The van der Waals surface area contributed by atoms with Gasteiger partial charge < -0.3 is 15.0 Å². The number of amides is 4. The van der Waals surface area contributed by atoms with Crippen molar-refractivity contribution in [2.45, 2.75) is 37.6 Å². The molecule has 0 bridgehead atoms. The van der Waals surface area contributed by atoms with E-state index in [1.54, 1.807) is 17.0 Å². The second-order valence-corrected chi connectivity index (χ2v) is 8.02. The number of urea groups is 1. The number of halogens is 1. The van der Waals surface area contributed by atoms with Crippen molar-refractivity contribution in [3.8, 4) is 0 Å². The van der Waals surface area contributed by atoms with Crippen molar-refractivity contribution < 1.29 is 23.5 Å². The molecule has 3 aliphatic rings. The van der Waals surface area contributed by atoms with Gasteiger partial charge >= 0.3 is 6.03 Å². The highest BCUT2D eigenvalue weighted by atomic mass is 19.1. The minimum Gasteiger partial charge on any atom is -0.381 e. The van der Waals surface area contributed by atoms with Gasteiger partial charge in [-0.3, -0.25) is 14.9 Å². The average molecular weight is 389 g/mol. The highest BCUT2D eigenvalue weighted by Gasteiger charge is 2.52. The zero-order valence-corrected chi connectivity index (χ0v) is 15.6. The molecule has 4 amide bonds. The van der Waals surface area contributed by atoms with Crippen molar-refractivity contribution in [2.75, 3.05) is 26.3 Å². The SMILES string of the molecule is O=C1NC(=O)C2(CCCN(C(=O)C3(Cc4ccc(F)cc4)CCOCC3)C2)N1. The topological polar surface area (TPSA) is 87.7 Å². The number of nitrogens with zero attached hydrogens (tertiary/aromatic N) is 1. The summed E-state index contributed by atoms with van der Waals surface area (Å²) in [5, 5.41) is 5.00. The lowest BCUT2D eigenvalue weighted by Crippen LogP contribution is -2.62. The molecule has 1 aromatic rings. The fraction of sp³-hybridized carbons (Fsp3) is 0.550. The van der Waals surface area contributed by atoms with Crippen molar-refractivity contribution in [3.05, 3.63) is 35.6 Å². The summed E-state index contributed by atoms with van der Waals surface area (Å²) in [5.74, 6) is -0.695. The fourth-order valence-corrected chi connectivity index (χ4v) is 4.60. The molecule has 1 atom stereocenters. The summed E-state index contributed by atoms with van der Waals surface area (Å²) in [4.78, 5) is 39.3. The zero-order chi connectivity index (χ0) is 19.8. The number of imide groups is 1. The molecule has 4 rings (SSSR count). The van der Waals surface area contributed by atoms with E-state index in [-0.39, 0.29) is 24.2 Å². The van der Waals surface area contributed by atoms with Crippen molar-refractivity contribution >= 4 is 17.8 Å². The van der Waals surface area contributed by atoms with Crippen LogP contribution in [0.3, 0.4) is 0 Å². The summed E-state index contributed by atoms with van der Waals surface area (Å²) in [5.41, 5.74) is -0.781. The summed E-state index contributed by atoms with van der Waals surface area (Å²) in [7, 11) is 0. The second-order valence-electron chi connectivity index (χ2n) is 8.02. The number of rotatable bonds is 3. The van der Waals surface area contributed by atoms with Crippen molar-refractivity contribution in [1.82, 2.24) is 15.5 Å². The molecule has 7 nitrogen and oxygen atoms in total. The minimum atomic E-state index is -1.03. The van der Waals surface area contributed by atoms with E-state index >= 15 is 0 Å². The maximum atomic E-state index is 13.6.